The van der Waals surface area contributed by atoms with Crippen molar-refractivity contribution in [1.82, 2.24) is 0 Å². The van der Waals surface area contributed by atoms with Crippen molar-refractivity contribution >= 4 is 35.3 Å². The van der Waals surface area contributed by atoms with Gasteiger partial charge in [0.05, 0.1) is 6.61 Å². The van der Waals surface area contributed by atoms with Crippen LogP contribution in [0.2, 0.25) is 10.0 Å². The van der Waals surface area contributed by atoms with Gasteiger partial charge >= 0.3 is 12.1 Å². The molecule has 0 heterocycles. The van der Waals surface area contributed by atoms with Crippen LogP contribution in [-0.4, -0.2) is 35.5 Å². The lowest BCUT2D eigenvalue weighted by atomic mass is 10.0. The number of aliphatic hydroxyl groups excluding tert-OH is 1. The lowest BCUT2D eigenvalue weighted by molar-refractivity contribution is -0.141. The van der Waals surface area contributed by atoms with Gasteiger partial charge in [-0.25, -0.2) is 4.79 Å². The van der Waals surface area contributed by atoms with Crippen molar-refractivity contribution in [2.75, 3.05) is 13.2 Å². The highest BCUT2D eigenvalue weighted by molar-refractivity contribution is 6.35. The quantitative estimate of drug-likeness (QED) is 0.736. The van der Waals surface area contributed by atoms with Crippen molar-refractivity contribution in [3.8, 4) is 0 Å². The number of primary amides is 1. The number of rotatable bonds is 4. The zero-order valence-electron chi connectivity index (χ0n) is 10.7. The summed E-state index contributed by atoms with van der Waals surface area (Å²) in [4.78, 5) is 19.5. The summed E-state index contributed by atoms with van der Waals surface area (Å²) in [5.74, 6) is -0.711. The predicted octanol–water partition coefficient (Wildman–Crippen LogP) is 2.26. The molecule has 0 radical (unpaired) electrons. The Morgan fingerprint density at radius 1 is 1.40 bits per heavy atom. The maximum Gasteiger partial charge on any atom is 0.402 e. The molecule has 0 unspecified atom stereocenters. The first-order chi connectivity index (χ1) is 9.27. The Morgan fingerprint density at radius 2 is 1.95 bits per heavy atom. The first kappa shape index (κ1) is 18.5. The van der Waals surface area contributed by atoms with Gasteiger partial charge in [-0.05, 0) is 17.7 Å². The Morgan fingerprint density at radius 3 is 2.35 bits per heavy atom. The fourth-order valence-electron chi connectivity index (χ4n) is 1.29. The molecular formula is C12H15Cl2NO5. The third-order valence-electron chi connectivity index (χ3n) is 2.11. The second-order valence-electron chi connectivity index (χ2n) is 3.69. The summed E-state index contributed by atoms with van der Waals surface area (Å²) < 4.78 is 4.84. The minimum Gasteiger partial charge on any atom is -0.465 e. The number of benzene rings is 1. The van der Waals surface area contributed by atoms with Gasteiger partial charge < -0.3 is 20.7 Å². The second kappa shape index (κ2) is 9.41. The molecule has 0 fully saturated rings. The molecule has 0 spiro atoms. The van der Waals surface area contributed by atoms with Crippen LogP contribution in [0, 0.1) is 0 Å². The zero-order valence-corrected chi connectivity index (χ0v) is 12.2. The molecule has 0 saturated heterocycles. The van der Waals surface area contributed by atoms with Crippen molar-refractivity contribution in [1.29, 1.82) is 0 Å². The van der Waals surface area contributed by atoms with E-state index >= 15 is 0 Å². The van der Waals surface area contributed by atoms with Crippen LogP contribution in [0.4, 0.5) is 4.79 Å². The molecule has 8 heteroatoms. The van der Waals surface area contributed by atoms with Gasteiger partial charge in [0.25, 0.3) is 0 Å². The molecule has 0 aromatic heterocycles. The Kier molecular flexibility index (Phi) is 8.71. The number of ether oxygens (including phenoxy) is 1. The highest BCUT2D eigenvalue weighted by Gasteiger charge is 2.15. The highest BCUT2D eigenvalue weighted by Crippen LogP contribution is 2.27. The number of nitrogens with two attached hydrogens (primary N) is 1. The van der Waals surface area contributed by atoms with Crippen molar-refractivity contribution in [2.45, 2.75) is 12.8 Å². The van der Waals surface area contributed by atoms with Crippen molar-refractivity contribution in [3.05, 3.63) is 33.8 Å². The zero-order chi connectivity index (χ0) is 15.7. The van der Waals surface area contributed by atoms with Crippen LogP contribution in [-0.2, 0) is 9.53 Å². The topological polar surface area (TPSA) is 110 Å². The van der Waals surface area contributed by atoms with E-state index in [2.05, 4.69) is 5.73 Å². The molecule has 0 saturated carbocycles. The fraction of sp³-hybridized carbons (Fsp3) is 0.333. The predicted molar refractivity (Wildman–Crippen MR) is 75.1 cm³/mol. The smallest absolute Gasteiger partial charge is 0.402 e. The van der Waals surface area contributed by atoms with Gasteiger partial charge in [-0.3, -0.25) is 4.79 Å². The van der Waals surface area contributed by atoms with E-state index < -0.39 is 6.09 Å². The first-order valence-electron chi connectivity index (χ1n) is 5.45. The van der Waals surface area contributed by atoms with Crippen molar-refractivity contribution in [2.24, 2.45) is 5.73 Å². The number of esters is 1. The van der Waals surface area contributed by atoms with Crippen molar-refractivity contribution in [3.63, 3.8) is 0 Å². The average Bonchev–Trinajstić information content (AvgIpc) is 2.31. The van der Waals surface area contributed by atoms with E-state index in [1.54, 1.807) is 18.2 Å². The summed E-state index contributed by atoms with van der Waals surface area (Å²) in [6.07, 6.45) is -1.33. The maximum atomic E-state index is 10.7. The SMILES string of the molecule is CC(=O)OC[C@@H](CO)c1ccc(Cl)cc1Cl.NC(=O)O. The standard InChI is InChI=1S/C11H12Cl2O3.CH3NO2/c1-7(15)16-6-8(5-14)10-3-2-9(12)4-11(10)13;2-1(3)4/h2-4,8,14H,5-6H2,1H3;2H2,(H,3,4)/t8-;/m1./s1. The van der Waals surface area contributed by atoms with Gasteiger partial charge in [0.2, 0.25) is 0 Å². The highest BCUT2D eigenvalue weighted by atomic mass is 35.5. The second-order valence-corrected chi connectivity index (χ2v) is 4.53. The minimum absolute atomic E-state index is 0.104. The minimum atomic E-state index is -1.33. The van der Waals surface area contributed by atoms with Crippen LogP contribution in [0.1, 0.15) is 18.4 Å². The van der Waals surface area contributed by atoms with E-state index in [-0.39, 0.29) is 25.1 Å². The molecular weight excluding hydrogens is 309 g/mol. The monoisotopic (exact) mass is 323 g/mol. The molecule has 0 aliphatic heterocycles. The summed E-state index contributed by atoms with van der Waals surface area (Å²) in [5.41, 5.74) is 4.75. The Hall–Kier alpha value is -1.50. The molecule has 1 rings (SSSR count). The average molecular weight is 324 g/mol. The third-order valence-corrected chi connectivity index (χ3v) is 2.67. The number of hydrogen-bond acceptors (Lipinski definition) is 4. The van der Waals surface area contributed by atoms with E-state index in [4.69, 9.17) is 37.8 Å². The lowest BCUT2D eigenvalue weighted by Gasteiger charge is -2.15. The molecule has 1 atom stereocenters. The Balaban J connectivity index is 0.000000796. The third kappa shape index (κ3) is 7.83. The van der Waals surface area contributed by atoms with Gasteiger partial charge in [-0.2, -0.15) is 0 Å². The molecule has 20 heavy (non-hydrogen) atoms. The van der Waals surface area contributed by atoms with Gasteiger partial charge in [-0.1, -0.05) is 29.3 Å². The fourth-order valence-corrected chi connectivity index (χ4v) is 1.85. The van der Waals surface area contributed by atoms with E-state index in [9.17, 15) is 9.90 Å². The number of carbonyl (C=O) groups excluding carboxylic acids is 1. The Labute approximate surface area is 126 Å². The number of aliphatic hydroxyl groups is 1. The number of carboxylic acid groups (broad SMARTS) is 1. The number of hydrogen-bond donors (Lipinski definition) is 3. The van der Waals surface area contributed by atoms with Crippen LogP contribution in [0.25, 0.3) is 0 Å². The molecule has 112 valence electrons. The van der Waals surface area contributed by atoms with E-state index in [1.165, 1.54) is 6.92 Å². The van der Waals surface area contributed by atoms with Crippen LogP contribution in [0.3, 0.4) is 0 Å². The maximum absolute atomic E-state index is 10.7. The summed E-state index contributed by atoms with van der Waals surface area (Å²) in [6, 6.07) is 4.99. The molecule has 0 aliphatic rings. The van der Waals surface area contributed by atoms with Crippen LogP contribution in [0.15, 0.2) is 18.2 Å². The van der Waals surface area contributed by atoms with Crippen LogP contribution >= 0.6 is 23.2 Å². The molecule has 1 aromatic carbocycles. The molecule has 1 amide bonds. The van der Waals surface area contributed by atoms with E-state index in [0.717, 1.165) is 5.56 Å². The number of amides is 1. The molecule has 0 aliphatic carbocycles. The summed E-state index contributed by atoms with van der Waals surface area (Å²) >= 11 is 11.7. The number of carbonyl (C=O) groups is 2. The van der Waals surface area contributed by atoms with Crippen LogP contribution < -0.4 is 5.73 Å². The Bertz CT molecular complexity index is 463. The first-order valence-corrected chi connectivity index (χ1v) is 6.21. The molecule has 6 nitrogen and oxygen atoms in total. The summed E-state index contributed by atoms with van der Waals surface area (Å²) in [6.45, 7) is 1.28. The van der Waals surface area contributed by atoms with Crippen LogP contribution in [0.5, 0.6) is 0 Å². The normalized spacial score (nSPS) is 11.0. The van der Waals surface area contributed by atoms with Gasteiger partial charge in [-0.15, -0.1) is 0 Å². The lowest BCUT2D eigenvalue weighted by Crippen LogP contribution is -2.14. The summed E-state index contributed by atoms with van der Waals surface area (Å²) in [7, 11) is 0. The van der Waals surface area contributed by atoms with Gasteiger partial charge in [0.15, 0.2) is 0 Å². The van der Waals surface area contributed by atoms with Gasteiger partial charge in [0, 0.05) is 22.9 Å². The molecule has 4 N–H and O–H groups in total. The van der Waals surface area contributed by atoms with E-state index in [1.807, 2.05) is 0 Å². The van der Waals surface area contributed by atoms with Gasteiger partial charge in [0.1, 0.15) is 6.61 Å². The molecule has 0 bridgehead atoms. The molecule has 1 aromatic rings. The number of halogens is 2. The van der Waals surface area contributed by atoms with E-state index in [0.29, 0.717) is 10.0 Å². The largest absolute Gasteiger partial charge is 0.465 e. The van der Waals surface area contributed by atoms with Crippen molar-refractivity contribution < 1.29 is 24.5 Å². The summed E-state index contributed by atoms with van der Waals surface area (Å²) in [5, 5.41) is 17.4.